The predicted octanol–water partition coefficient (Wildman–Crippen LogP) is 2.72. The zero-order chi connectivity index (χ0) is 11.3. The van der Waals surface area contributed by atoms with Crippen LogP contribution in [0.25, 0.3) is 0 Å². The summed E-state index contributed by atoms with van der Waals surface area (Å²) in [4.78, 5) is 0. The Kier molecular flexibility index (Phi) is 5.62. The lowest BCUT2D eigenvalue weighted by atomic mass is 9.81. The third-order valence-electron chi connectivity index (χ3n) is 3.71. The minimum atomic E-state index is -0.0128. The molecule has 2 N–H and O–H groups in total. The molecule has 0 spiro atoms. The average Bonchev–Trinajstić information content (AvgIpc) is 2.64. The van der Waals surface area contributed by atoms with E-state index in [1.807, 2.05) is 0 Å². The van der Waals surface area contributed by atoms with Crippen LogP contribution in [0.1, 0.15) is 58.8 Å². The third kappa shape index (κ3) is 4.98. The summed E-state index contributed by atoms with van der Waals surface area (Å²) in [5.41, 5.74) is 0. The van der Waals surface area contributed by atoms with Gasteiger partial charge in [0, 0.05) is 0 Å². The normalized spacial score (nSPS) is 37.2. The summed E-state index contributed by atoms with van der Waals surface area (Å²) in [6.07, 6.45) is 8.03. The van der Waals surface area contributed by atoms with Crippen LogP contribution in [-0.4, -0.2) is 22.4 Å². The first-order chi connectivity index (χ1) is 7.09. The van der Waals surface area contributed by atoms with Gasteiger partial charge in [-0.05, 0) is 43.9 Å². The van der Waals surface area contributed by atoms with Crippen LogP contribution in [0.15, 0.2) is 0 Å². The highest BCUT2D eigenvalue weighted by Crippen LogP contribution is 2.28. The fraction of sp³-hybridized carbons (Fsp3) is 1.00. The molecule has 2 nitrogen and oxygen atoms in total. The standard InChI is InChI=1S/C8H16O.C5H10O/c1-6-3-4-8(9)7(2)5-6;6-5-3-1-2-4-5/h6-9H,3-5H2,1-2H3;5-6H,1-4H2. The molecule has 0 aromatic carbocycles. The van der Waals surface area contributed by atoms with E-state index in [9.17, 15) is 5.11 Å². The Balaban J connectivity index is 0.000000162. The van der Waals surface area contributed by atoms with Crippen LogP contribution in [-0.2, 0) is 0 Å². The van der Waals surface area contributed by atoms with Gasteiger partial charge in [0.15, 0.2) is 0 Å². The summed E-state index contributed by atoms with van der Waals surface area (Å²) in [7, 11) is 0. The van der Waals surface area contributed by atoms with Gasteiger partial charge in [0.05, 0.1) is 12.2 Å². The molecular formula is C13H26O2. The average molecular weight is 214 g/mol. The monoisotopic (exact) mass is 214 g/mol. The highest BCUT2D eigenvalue weighted by atomic mass is 16.3. The lowest BCUT2D eigenvalue weighted by Crippen LogP contribution is -2.25. The van der Waals surface area contributed by atoms with Gasteiger partial charge in [0.1, 0.15) is 0 Å². The molecule has 90 valence electrons. The summed E-state index contributed by atoms with van der Waals surface area (Å²) in [5, 5.41) is 18.0. The van der Waals surface area contributed by atoms with Gasteiger partial charge in [-0.25, -0.2) is 0 Å². The Labute approximate surface area is 93.7 Å². The van der Waals surface area contributed by atoms with Gasteiger partial charge >= 0.3 is 0 Å². The van der Waals surface area contributed by atoms with Crippen LogP contribution < -0.4 is 0 Å². The molecule has 3 unspecified atom stereocenters. The van der Waals surface area contributed by atoms with E-state index in [4.69, 9.17) is 5.11 Å². The highest BCUT2D eigenvalue weighted by Gasteiger charge is 2.22. The van der Waals surface area contributed by atoms with Crippen molar-refractivity contribution >= 4 is 0 Å². The van der Waals surface area contributed by atoms with Crippen molar-refractivity contribution in [3.05, 3.63) is 0 Å². The van der Waals surface area contributed by atoms with Crippen molar-refractivity contribution in [3.8, 4) is 0 Å². The number of rotatable bonds is 0. The number of hydrogen-bond acceptors (Lipinski definition) is 2. The molecule has 2 aliphatic carbocycles. The van der Waals surface area contributed by atoms with Crippen LogP contribution in [0.3, 0.4) is 0 Å². The highest BCUT2D eigenvalue weighted by molar-refractivity contribution is 4.74. The Bertz CT molecular complexity index is 164. The Hall–Kier alpha value is -0.0800. The fourth-order valence-electron chi connectivity index (χ4n) is 2.55. The number of aliphatic hydroxyl groups is 2. The fourth-order valence-corrected chi connectivity index (χ4v) is 2.55. The second-order valence-electron chi connectivity index (χ2n) is 5.40. The molecule has 2 heteroatoms. The van der Waals surface area contributed by atoms with Crippen LogP contribution in [0.2, 0.25) is 0 Å². The molecule has 0 heterocycles. The Morgan fingerprint density at radius 3 is 1.80 bits per heavy atom. The molecular weight excluding hydrogens is 188 g/mol. The summed E-state index contributed by atoms with van der Waals surface area (Å²) >= 11 is 0. The van der Waals surface area contributed by atoms with Crippen molar-refractivity contribution in [3.63, 3.8) is 0 Å². The first-order valence-electron chi connectivity index (χ1n) is 6.45. The van der Waals surface area contributed by atoms with Crippen molar-refractivity contribution < 1.29 is 10.2 Å². The van der Waals surface area contributed by atoms with Crippen LogP contribution >= 0.6 is 0 Å². The van der Waals surface area contributed by atoms with Crippen LogP contribution in [0.4, 0.5) is 0 Å². The first-order valence-corrected chi connectivity index (χ1v) is 6.45. The van der Waals surface area contributed by atoms with Gasteiger partial charge in [0.25, 0.3) is 0 Å². The van der Waals surface area contributed by atoms with Crippen molar-refractivity contribution in [1.82, 2.24) is 0 Å². The molecule has 0 saturated heterocycles. The third-order valence-corrected chi connectivity index (χ3v) is 3.71. The summed E-state index contributed by atoms with van der Waals surface area (Å²) < 4.78 is 0. The maximum Gasteiger partial charge on any atom is 0.0566 e. The van der Waals surface area contributed by atoms with E-state index in [2.05, 4.69) is 13.8 Å². The van der Waals surface area contributed by atoms with E-state index >= 15 is 0 Å². The minimum absolute atomic E-state index is 0.0128. The SMILES string of the molecule is CC1CCC(O)C(C)C1.OC1CCCC1. The van der Waals surface area contributed by atoms with E-state index in [0.717, 1.165) is 25.2 Å². The van der Waals surface area contributed by atoms with Gasteiger partial charge < -0.3 is 10.2 Å². The van der Waals surface area contributed by atoms with Crippen LogP contribution in [0, 0.1) is 11.8 Å². The van der Waals surface area contributed by atoms with Crippen molar-refractivity contribution in [1.29, 1.82) is 0 Å². The topological polar surface area (TPSA) is 40.5 Å². The quantitative estimate of drug-likeness (QED) is 0.651. The minimum Gasteiger partial charge on any atom is -0.393 e. The number of aliphatic hydroxyl groups excluding tert-OH is 2. The van der Waals surface area contributed by atoms with Crippen molar-refractivity contribution in [2.75, 3.05) is 0 Å². The van der Waals surface area contributed by atoms with Gasteiger partial charge in [-0.3, -0.25) is 0 Å². The first kappa shape index (κ1) is 13.0. The summed E-state index contributed by atoms with van der Waals surface area (Å²) in [6, 6.07) is 0. The maximum atomic E-state index is 9.30. The molecule has 3 atom stereocenters. The van der Waals surface area contributed by atoms with E-state index in [0.29, 0.717) is 5.92 Å². The molecule has 0 radical (unpaired) electrons. The lowest BCUT2D eigenvalue weighted by Gasteiger charge is -2.28. The number of hydrogen-bond donors (Lipinski definition) is 2. The molecule has 0 amide bonds. The second-order valence-corrected chi connectivity index (χ2v) is 5.40. The molecule has 0 bridgehead atoms. The van der Waals surface area contributed by atoms with E-state index < -0.39 is 0 Å². The van der Waals surface area contributed by atoms with Crippen molar-refractivity contribution in [2.24, 2.45) is 11.8 Å². The molecule has 0 aromatic heterocycles. The zero-order valence-corrected chi connectivity index (χ0v) is 10.2. The Morgan fingerprint density at radius 2 is 1.47 bits per heavy atom. The molecule has 0 aliphatic heterocycles. The van der Waals surface area contributed by atoms with Gasteiger partial charge in [-0.2, -0.15) is 0 Å². The molecule has 2 fully saturated rings. The molecule has 2 saturated carbocycles. The molecule has 2 rings (SSSR count). The van der Waals surface area contributed by atoms with Gasteiger partial charge in [-0.15, -0.1) is 0 Å². The van der Waals surface area contributed by atoms with Crippen molar-refractivity contribution in [2.45, 2.75) is 71.0 Å². The van der Waals surface area contributed by atoms with Gasteiger partial charge in [-0.1, -0.05) is 26.7 Å². The zero-order valence-electron chi connectivity index (χ0n) is 10.2. The predicted molar refractivity (Wildman–Crippen MR) is 62.7 cm³/mol. The molecule has 0 aromatic rings. The summed E-state index contributed by atoms with van der Waals surface area (Å²) in [6.45, 7) is 4.41. The van der Waals surface area contributed by atoms with E-state index in [1.165, 1.54) is 25.7 Å². The van der Waals surface area contributed by atoms with Gasteiger partial charge in [0.2, 0.25) is 0 Å². The second kappa shape index (κ2) is 6.49. The van der Waals surface area contributed by atoms with Crippen LogP contribution in [0.5, 0.6) is 0 Å². The maximum absolute atomic E-state index is 9.30. The largest absolute Gasteiger partial charge is 0.393 e. The summed E-state index contributed by atoms with van der Waals surface area (Å²) in [5.74, 6) is 1.37. The lowest BCUT2D eigenvalue weighted by molar-refractivity contribution is 0.0611. The smallest absolute Gasteiger partial charge is 0.0566 e. The van der Waals surface area contributed by atoms with E-state index in [1.54, 1.807) is 0 Å². The Morgan fingerprint density at radius 1 is 0.867 bits per heavy atom. The molecule has 15 heavy (non-hydrogen) atoms. The van der Waals surface area contributed by atoms with E-state index in [-0.39, 0.29) is 12.2 Å². The molecule has 2 aliphatic rings.